The van der Waals surface area contributed by atoms with Crippen LogP contribution in [-0.4, -0.2) is 27.0 Å². The van der Waals surface area contributed by atoms with Crippen LogP contribution in [0.4, 0.5) is 0 Å². The third-order valence-electron chi connectivity index (χ3n) is 4.58. The first-order valence-electron chi connectivity index (χ1n) is 8.71. The second-order valence-corrected chi connectivity index (χ2v) is 7.96. The molecule has 1 heterocycles. The molecule has 136 valence electrons. The Hall–Kier alpha value is -2.40. The Balaban J connectivity index is 1.57. The van der Waals surface area contributed by atoms with Gasteiger partial charge < -0.3 is 14.4 Å². The summed E-state index contributed by atoms with van der Waals surface area (Å²) in [4.78, 5) is 12.4. The van der Waals surface area contributed by atoms with Crippen molar-refractivity contribution >= 4 is 28.6 Å². The zero-order valence-electron chi connectivity index (χ0n) is 15.0. The van der Waals surface area contributed by atoms with E-state index in [-0.39, 0.29) is 0 Å². The monoisotopic (exact) mass is 369 g/mol. The van der Waals surface area contributed by atoms with E-state index in [0.29, 0.717) is 13.0 Å². The normalized spacial score (nSPS) is 13.5. The topological polar surface area (TPSA) is 51.5 Å². The smallest absolute Gasteiger partial charge is 0.319 e. The number of rotatable bonds is 8. The van der Waals surface area contributed by atoms with Gasteiger partial charge in [-0.15, -0.1) is 11.8 Å². The molecule has 1 aromatic heterocycles. The number of benzene rings is 2. The van der Waals surface area contributed by atoms with E-state index in [1.165, 1.54) is 22.7 Å². The van der Waals surface area contributed by atoms with Gasteiger partial charge in [-0.05, 0) is 55.1 Å². The highest BCUT2D eigenvalue weighted by Gasteiger charge is 2.32. The fraction of sp³-hybridized carbons (Fsp3) is 0.286. The summed E-state index contributed by atoms with van der Waals surface area (Å²) in [6, 6.07) is 18.0. The maximum absolute atomic E-state index is 11.4. The van der Waals surface area contributed by atoms with Crippen molar-refractivity contribution in [3.63, 3.8) is 0 Å². The molecule has 1 unspecified atom stereocenters. The van der Waals surface area contributed by atoms with Crippen molar-refractivity contribution in [2.24, 2.45) is 0 Å². The fourth-order valence-electron chi connectivity index (χ4n) is 2.73. The summed E-state index contributed by atoms with van der Waals surface area (Å²) < 4.78 is 7.21. The summed E-state index contributed by atoms with van der Waals surface area (Å²) >= 11 is 1.37. The number of aliphatic carboxylic acids is 1. The third kappa shape index (κ3) is 4.05. The number of aromatic nitrogens is 1. The van der Waals surface area contributed by atoms with Crippen LogP contribution >= 0.6 is 11.8 Å². The minimum absolute atomic E-state index is 0.566. The molecule has 2 aromatic carbocycles. The second kappa shape index (κ2) is 7.87. The summed E-state index contributed by atoms with van der Waals surface area (Å²) in [5, 5.41) is 10.6. The number of carboxylic acids is 1. The van der Waals surface area contributed by atoms with Crippen LogP contribution in [0.5, 0.6) is 5.75 Å². The minimum Gasteiger partial charge on any atom is -0.492 e. The molecule has 4 nitrogen and oxygen atoms in total. The lowest BCUT2D eigenvalue weighted by Gasteiger charge is -2.22. The highest BCUT2D eigenvalue weighted by Crippen LogP contribution is 2.36. The van der Waals surface area contributed by atoms with Gasteiger partial charge in [-0.2, -0.15) is 0 Å². The van der Waals surface area contributed by atoms with E-state index in [4.69, 9.17) is 4.74 Å². The van der Waals surface area contributed by atoms with E-state index in [1.54, 1.807) is 6.92 Å². The lowest BCUT2D eigenvalue weighted by Crippen LogP contribution is -2.30. The molecule has 1 N–H and O–H groups in total. The molecule has 0 aliphatic rings. The molecule has 0 fully saturated rings. The molecule has 0 bridgehead atoms. The Morgan fingerprint density at radius 3 is 2.58 bits per heavy atom. The van der Waals surface area contributed by atoms with Gasteiger partial charge in [0.25, 0.3) is 0 Å². The van der Waals surface area contributed by atoms with E-state index in [1.807, 2.05) is 43.3 Å². The first kappa shape index (κ1) is 18.4. The molecule has 3 aromatic rings. The molecule has 0 radical (unpaired) electrons. The zero-order chi connectivity index (χ0) is 18.6. The van der Waals surface area contributed by atoms with E-state index >= 15 is 0 Å². The maximum Gasteiger partial charge on any atom is 0.319 e. The third-order valence-corrected chi connectivity index (χ3v) is 6.00. The Kier molecular flexibility index (Phi) is 5.57. The number of carbonyl (C=O) groups is 1. The van der Waals surface area contributed by atoms with Gasteiger partial charge in [-0.25, -0.2) is 0 Å². The van der Waals surface area contributed by atoms with Crippen LogP contribution in [-0.2, 0) is 11.3 Å². The zero-order valence-corrected chi connectivity index (χ0v) is 15.8. The van der Waals surface area contributed by atoms with Gasteiger partial charge >= 0.3 is 5.97 Å². The molecule has 0 aliphatic heterocycles. The fourth-order valence-corrected chi connectivity index (χ4v) is 3.75. The summed E-state index contributed by atoms with van der Waals surface area (Å²) in [5.74, 6) is 0.00335. The van der Waals surface area contributed by atoms with Gasteiger partial charge in [-0.1, -0.05) is 25.1 Å². The average molecular weight is 369 g/mol. The SMILES string of the molecule is CCC(C)(Sc1ccc(OCCn2ccc3ccccc32)cc1)C(=O)O. The number of ether oxygens (including phenoxy) is 1. The number of fused-ring (bicyclic) bond motifs is 1. The van der Waals surface area contributed by atoms with E-state index in [2.05, 4.69) is 29.0 Å². The van der Waals surface area contributed by atoms with Gasteiger partial charge in [0.15, 0.2) is 0 Å². The Labute approximate surface area is 157 Å². The van der Waals surface area contributed by atoms with Gasteiger partial charge in [0.1, 0.15) is 17.1 Å². The molecule has 0 aliphatic carbocycles. The average Bonchev–Trinajstić information content (AvgIpc) is 3.06. The Morgan fingerprint density at radius 1 is 1.15 bits per heavy atom. The van der Waals surface area contributed by atoms with Gasteiger partial charge in [0, 0.05) is 16.6 Å². The number of nitrogens with zero attached hydrogens (tertiary/aromatic N) is 1. The predicted octanol–water partition coefficient (Wildman–Crippen LogP) is 5.07. The minimum atomic E-state index is -0.808. The lowest BCUT2D eigenvalue weighted by molar-refractivity contribution is -0.139. The first-order valence-corrected chi connectivity index (χ1v) is 9.52. The van der Waals surface area contributed by atoms with Crippen LogP contribution in [0.1, 0.15) is 20.3 Å². The van der Waals surface area contributed by atoms with Crippen molar-refractivity contribution in [2.75, 3.05) is 6.61 Å². The van der Waals surface area contributed by atoms with Crippen LogP contribution in [0, 0.1) is 0 Å². The molecule has 0 saturated heterocycles. The van der Waals surface area contributed by atoms with Crippen molar-refractivity contribution in [3.05, 3.63) is 60.8 Å². The van der Waals surface area contributed by atoms with Gasteiger partial charge in [0.2, 0.25) is 0 Å². The molecule has 26 heavy (non-hydrogen) atoms. The van der Waals surface area contributed by atoms with Crippen LogP contribution in [0.15, 0.2) is 65.7 Å². The largest absolute Gasteiger partial charge is 0.492 e. The standard InChI is InChI=1S/C21H23NO3S/c1-3-21(2,20(23)24)26-18-10-8-17(9-11-18)25-15-14-22-13-12-16-6-4-5-7-19(16)22/h4-13H,3,14-15H2,1-2H3,(H,23,24). The lowest BCUT2D eigenvalue weighted by atomic mass is 10.1. The van der Waals surface area contributed by atoms with Gasteiger partial charge in [-0.3, -0.25) is 4.79 Å². The first-order chi connectivity index (χ1) is 12.5. The second-order valence-electron chi connectivity index (χ2n) is 6.38. The number of thioether (sulfide) groups is 1. The molecule has 0 amide bonds. The van der Waals surface area contributed by atoms with Crippen LogP contribution in [0.2, 0.25) is 0 Å². The molecule has 1 atom stereocenters. The van der Waals surface area contributed by atoms with E-state index in [9.17, 15) is 9.90 Å². The summed E-state index contributed by atoms with van der Waals surface area (Å²) in [7, 11) is 0. The number of hydrogen-bond acceptors (Lipinski definition) is 3. The van der Waals surface area contributed by atoms with E-state index < -0.39 is 10.7 Å². The number of para-hydroxylation sites is 1. The van der Waals surface area contributed by atoms with Crippen LogP contribution < -0.4 is 4.74 Å². The van der Waals surface area contributed by atoms with Crippen molar-refractivity contribution < 1.29 is 14.6 Å². The molecular formula is C21H23NO3S. The Bertz CT molecular complexity index is 888. The predicted molar refractivity (Wildman–Crippen MR) is 106 cm³/mol. The van der Waals surface area contributed by atoms with Crippen molar-refractivity contribution in [3.8, 4) is 5.75 Å². The quantitative estimate of drug-likeness (QED) is 0.564. The van der Waals surface area contributed by atoms with Gasteiger partial charge in [0.05, 0.1) is 6.54 Å². The highest BCUT2D eigenvalue weighted by atomic mass is 32.2. The molecular weight excluding hydrogens is 346 g/mol. The van der Waals surface area contributed by atoms with Crippen molar-refractivity contribution in [1.82, 2.24) is 4.57 Å². The molecule has 3 rings (SSSR count). The van der Waals surface area contributed by atoms with E-state index in [0.717, 1.165) is 17.2 Å². The molecule has 5 heteroatoms. The summed E-state index contributed by atoms with van der Waals surface area (Å²) in [6.45, 7) is 5.00. The van der Waals surface area contributed by atoms with Crippen LogP contribution in [0.25, 0.3) is 10.9 Å². The molecule has 0 spiro atoms. The Morgan fingerprint density at radius 2 is 1.88 bits per heavy atom. The molecule has 0 saturated carbocycles. The van der Waals surface area contributed by atoms with Crippen molar-refractivity contribution in [1.29, 1.82) is 0 Å². The summed E-state index contributed by atoms with van der Waals surface area (Å²) in [5.41, 5.74) is 1.20. The number of carboxylic acid groups (broad SMARTS) is 1. The number of hydrogen-bond donors (Lipinski definition) is 1. The maximum atomic E-state index is 11.4. The highest BCUT2D eigenvalue weighted by molar-refractivity contribution is 8.01. The summed E-state index contributed by atoms with van der Waals surface area (Å²) in [6.07, 6.45) is 2.64. The van der Waals surface area contributed by atoms with Crippen molar-refractivity contribution in [2.45, 2.75) is 36.5 Å². The van der Waals surface area contributed by atoms with Crippen LogP contribution in [0.3, 0.4) is 0 Å².